The van der Waals surface area contributed by atoms with Crippen LogP contribution in [0, 0.1) is 0 Å². The van der Waals surface area contributed by atoms with E-state index in [1.165, 1.54) is 11.1 Å². The molecule has 20 heavy (non-hydrogen) atoms. The highest BCUT2D eigenvalue weighted by Gasteiger charge is 2.01. The van der Waals surface area contributed by atoms with E-state index in [-0.39, 0.29) is 5.91 Å². The van der Waals surface area contributed by atoms with Crippen LogP contribution in [0.2, 0.25) is 0 Å². The topological polar surface area (TPSA) is 42.0 Å². The van der Waals surface area contributed by atoms with Gasteiger partial charge in [-0.1, -0.05) is 30.3 Å². The van der Waals surface area contributed by atoms with Gasteiger partial charge in [-0.25, -0.2) is 0 Å². The summed E-state index contributed by atoms with van der Waals surface area (Å²) in [4.78, 5) is 15.7. The van der Waals surface area contributed by atoms with Gasteiger partial charge in [0.1, 0.15) is 0 Å². The fraction of sp³-hybridized carbons (Fsp3) is 0.294. The van der Waals surface area contributed by atoms with E-state index in [0.29, 0.717) is 6.42 Å². The Morgan fingerprint density at radius 3 is 2.40 bits per heavy atom. The van der Waals surface area contributed by atoms with E-state index < -0.39 is 0 Å². The van der Waals surface area contributed by atoms with E-state index in [9.17, 15) is 4.79 Å². The third-order valence-electron chi connectivity index (χ3n) is 3.20. The van der Waals surface area contributed by atoms with Crippen molar-refractivity contribution in [1.82, 2.24) is 10.3 Å². The number of carbonyl (C=O) groups excluding carboxylic acids is 1. The number of hydrogen-bond acceptors (Lipinski definition) is 2. The monoisotopic (exact) mass is 268 g/mol. The summed E-state index contributed by atoms with van der Waals surface area (Å²) in [5, 5.41) is 2.97. The number of amides is 1. The van der Waals surface area contributed by atoms with Crippen LogP contribution in [0.4, 0.5) is 0 Å². The molecule has 0 saturated heterocycles. The van der Waals surface area contributed by atoms with E-state index in [0.717, 1.165) is 25.8 Å². The van der Waals surface area contributed by atoms with Crippen LogP contribution in [-0.2, 0) is 17.6 Å². The zero-order valence-corrected chi connectivity index (χ0v) is 11.6. The van der Waals surface area contributed by atoms with Crippen molar-refractivity contribution in [2.75, 3.05) is 6.54 Å². The molecule has 3 heteroatoms. The molecule has 1 aromatic heterocycles. The van der Waals surface area contributed by atoms with Gasteiger partial charge in [0.05, 0.1) is 0 Å². The maximum atomic E-state index is 11.7. The van der Waals surface area contributed by atoms with Crippen molar-refractivity contribution in [1.29, 1.82) is 0 Å². The van der Waals surface area contributed by atoms with E-state index in [1.54, 1.807) is 12.4 Å². The van der Waals surface area contributed by atoms with Crippen molar-refractivity contribution in [2.24, 2.45) is 0 Å². The molecule has 1 amide bonds. The van der Waals surface area contributed by atoms with Gasteiger partial charge >= 0.3 is 0 Å². The summed E-state index contributed by atoms with van der Waals surface area (Å²) in [6.45, 7) is 0.732. The Balaban J connectivity index is 1.59. The van der Waals surface area contributed by atoms with Gasteiger partial charge in [0.25, 0.3) is 0 Å². The lowest BCUT2D eigenvalue weighted by molar-refractivity contribution is -0.121. The first kappa shape index (κ1) is 14.3. The lowest BCUT2D eigenvalue weighted by Crippen LogP contribution is -2.24. The number of hydrogen-bond donors (Lipinski definition) is 1. The summed E-state index contributed by atoms with van der Waals surface area (Å²) in [5.74, 6) is 0.128. The van der Waals surface area contributed by atoms with Crippen LogP contribution in [0.3, 0.4) is 0 Å². The summed E-state index contributed by atoms with van der Waals surface area (Å²) >= 11 is 0. The summed E-state index contributed by atoms with van der Waals surface area (Å²) < 4.78 is 0. The Bertz CT molecular complexity index is 511. The number of nitrogens with zero attached hydrogens (tertiary/aromatic N) is 1. The number of nitrogens with one attached hydrogen (secondary N) is 1. The van der Waals surface area contributed by atoms with Gasteiger partial charge in [-0.3, -0.25) is 9.78 Å². The number of pyridine rings is 1. The first-order chi connectivity index (χ1) is 9.84. The third-order valence-corrected chi connectivity index (χ3v) is 3.20. The van der Waals surface area contributed by atoms with Crippen LogP contribution in [0.15, 0.2) is 54.9 Å². The predicted molar refractivity (Wildman–Crippen MR) is 80.3 cm³/mol. The average molecular weight is 268 g/mol. The van der Waals surface area contributed by atoms with Crippen LogP contribution < -0.4 is 5.32 Å². The molecule has 1 aromatic carbocycles. The smallest absolute Gasteiger partial charge is 0.220 e. The Morgan fingerprint density at radius 2 is 1.65 bits per heavy atom. The van der Waals surface area contributed by atoms with Crippen LogP contribution in [-0.4, -0.2) is 17.4 Å². The second-order valence-corrected chi connectivity index (χ2v) is 4.79. The second-order valence-electron chi connectivity index (χ2n) is 4.79. The van der Waals surface area contributed by atoms with Crippen molar-refractivity contribution >= 4 is 5.91 Å². The first-order valence-corrected chi connectivity index (χ1v) is 7.04. The van der Waals surface area contributed by atoms with Crippen molar-refractivity contribution in [3.63, 3.8) is 0 Å². The van der Waals surface area contributed by atoms with Gasteiger partial charge in [-0.15, -0.1) is 0 Å². The SMILES string of the molecule is O=C(CCc1ccccc1)NCCCc1ccncc1. The third kappa shape index (κ3) is 5.22. The summed E-state index contributed by atoms with van der Waals surface area (Å²) in [6, 6.07) is 14.1. The largest absolute Gasteiger partial charge is 0.356 e. The molecule has 104 valence electrons. The molecule has 0 spiro atoms. The van der Waals surface area contributed by atoms with E-state index in [2.05, 4.69) is 22.4 Å². The number of benzene rings is 1. The highest BCUT2D eigenvalue weighted by molar-refractivity contribution is 5.76. The minimum atomic E-state index is 0.128. The van der Waals surface area contributed by atoms with Gasteiger partial charge in [0.15, 0.2) is 0 Å². The Hall–Kier alpha value is -2.16. The molecule has 0 fully saturated rings. The molecule has 1 heterocycles. The molecule has 0 atom stereocenters. The normalized spacial score (nSPS) is 10.2. The van der Waals surface area contributed by atoms with Crippen LogP contribution in [0.5, 0.6) is 0 Å². The quantitative estimate of drug-likeness (QED) is 0.785. The molecule has 0 aliphatic carbocycles. The molecular weight excluding hydrogens is 248 g/mol. The summed E-state index contributed by atoms with van der Waals surface area (Å²) in [6.07, 6.45) is 6.89. The number of aryl methyl sites for hydroxylation is 2. The van der Waals surface area contributed by atoms with Gasteiger partial charge in [0.2, 0.25) is 5.91 Å². The average Bonchev–Trinajstić information content (AvgIpc) is 2.52. The minimum absolute atomic E-state index is 0.128. The minimum Gasteiger partial charge on any atom is -0.356 e. The Morgan fingerprint density at radius 1 is 0.950 bits per heavy atom. The van der Waals surface area contributed by atoms with Crippen molar-refractivity contribution < 1.29 is 4.79 Å². The molecule has 2 rings (SSSR count). The molecule has 0 aliphatic rings. The van der Waals surface area contributed by atoms with Crippen LogP contribution in [0.1, 0.15) is 24.0 Å². The number of aromatic nitrogens is 1. The van der Waals surface area contributed by atoms with Crippen molar-refractivity contribution in [3.8, 4) is 0 Å². The van der Waals surface area contributed by atoms with Crippen molar-refractivity contribution in [2.45, 2.75) is 25.7 Å². The molecule has 1 N–H and O–H groups in total. The lowest BCUT2D eigenvalue weighted by Gasteiger charge is -2.05. The molecule has 2 aromatic rings. The van der Waals surface area contributed by atoms with Gasteiger partial charge in [0, 0.05) is 25.4 Å². The summed E-state index contributed by atoms with van der Waals surface area (Å²) in [5.41, 5.74) is 2.47. The maximum absolute atomic E-state index is 11.7. The number of rotatable bonds is 7. The molecule has 0 saturated carbocycles. The molecule has 3 nitrogen and oxygen atoms in total. The standard InChI is InChI=1S/C17H20N2O/c20-17(9-8-15-5-2-1-3-6-15)19-12-4-7-16-10-13-18-14-11-16/h1-3,5-6,10-11,13-14H,4,7-9,12H2,(H,19,20). The number of carbonyl (C=O) groups is 1. The van der Waals surface area contributed by atoms with Crippen LogP contribution >= 0.6 is 0 Å². The van der Waals surface area contributed by atoms with Gasteiger partial charge in [-0.2, -0.15) is 0 Å². The zero-order chi connectivity index (χ0) is 14.0. The first-order valence-electron chi connectivity index (χ1n) is 7.04. The zero-order valence-electron chi connectivity index (χ0n) is 11.6. The molecule has 0 unspecified atom stereocenters. The highest BCUT2D eigenvalue weighted by atomic mass is 16.1. The second kappa shape index (κ2) is 8.10. The predicted octanol–water partition coefficient (Wildman–Crippen LogP) is 2.76. The van der Waals surface area contributed by atoms with Gasteiger partial charge in [-0.05, 0) is 42.5 Å². The fourth-order valence-corrected chi connectivity index (χ4v) is 2.06. The lowest BCUT2D eigenvalue weighted by atomic mass is 10.1. The fourth-order valence-electron chi connectivity index (χ4n) is 2.06. The molecule has 0 radical (unpaired) electrons. The van der Waals surface area contributed by atoms with E-state index in [4.69, 9.17) is 0 Å². The summed E-state index contributed by atoms with van der Waals surface area (Å²) in [7, 11) is 0. The highest BCUT2D eigenvalue weighted by Crippen LogP contribution is 2.02. The van der Waals surface area contributed by atoms with Crippen molar-refractivity contribution in [3.05, 3.63) is 66.0 Å². The Kier molecular flexibility index (Phi) is 5.77. The molecular formula is C17H20N2O. The maximum Gasteiger partial charge on any atom is 0.220 e. The molecule has 0 aliphatic heterocycles. The van der Waals surface area contributed by atoms with E-state index >= 15 is 0 Å². The molecule has 0 bridgehead atoms. The van der Waals surface area contributed by atoms with Crippen LogP contribution in [0.25, 0.3) is 0 Å². The van der Waals surface area contributed by atoms with Gasteiger partial charge < -0.3 is 5.32 Å². The van der Waals surface area contributed by atoms with E-state index in [1.807, 2.05) is 30.3 Å². The Labute approximate surface area is 120 Å².